The number of fused-ring (bicyclic) bond motifs is 1. The van der Waals surface area contributed by atoms with E-state index < -0.39 is 0 Å². The van der Waals surface area contributed by atoms with E-state index in [9.17, 15) is 9.59 Å². The number of esters is 1. The van der Waals surface area contributed by atoms with Crippen LogP contribution in [-0.4, -0.2) is 23.6 Å². The first-order valence-electron chi connectivity index (χ1n) is 8.73. The van der Waals surface area contributed by atoms with Gasteiger partial charge < -0.3 is 10.1 Å². The molecule has 0 saturated carbocycles. The van der Waals surface area contributed by atoms with E-state index in [0.717, 1.165) is 36.1 Å². The van der Waals surface area contributed by atoms with Gasteiger partial charge in [-0.25, -0.2) is 4.79 Å². The lowest BCUT2D eigenvalue weighted by Gasteiger charge is -2.12. The summed E-state index contributed by atoms with van der Waals surface area (Å²) in [5.41, 5.74) is 1.61. The number of thiophene rings is 2. The smallest absolute Gasteiger partial charge is 0.341 e. The number of carbonyl (C=O) groups excluding carboxylic acids is 2. The molecule has 1 aliphatic rings. The highest BCUT2D eigenvalue weighted by Gasteiger charge is 2.26. The van der Waals surface area contributed by atoms with E-state index in [1.807, 2.05) is 17.5 Å². The number of nitrogens with one attached hydrogen (secondary N) is 2. The molecule has 0 saturated heterocycles. The van der Waals surface area contributed by atoms with Gasteiger partial charge in [0, 0.05) is 15.8 Å². The average Bonchev–Trinajstić information content (AvgIpc) is 3.27. The molecule has 1 aliphatic carbocycles. The number of amides is 1. The van der Waals surface area contributed by atoms with E-state index in [1.54, 1.807) is 24.3 Å². The molecular formula is C19H20N2O3S3. The zero-order valence-corrected chi connectivity index (χ0v) is 17.3. The highest BCUT2D eigenvalue weighted by atomic mass is 32.1. The van der Waals surface area contributed by atoms with Gasteiger partial charge in [-0.3, -0.25) is 10.1 Å². The summed E-state index contributed by atoms with van der Waals surface area (Å²) in [4.78, 5) is 26.7. The Balaban J connectivity index is 1.70. The van der Waals surface area contributed by atoms with Gasteiger partial charge in [0.1, 0.15) is 5.00 Å². The molecule has 142 valence electrons. The Labute approximate surface area is 171 Å². The zero-order chi connectivity index (χ0) is 19.2. The van der Waals surface area contributed by atoms with Gasteiger partial charge in [-0.05, 0) is 67.9 Å². The highest BCUT2D eigenvalue weighted by molar-refractivity contribution is 7.80. The first kappa shape index (κ1) is 19.7. The average molecular weight is 421 g/mol. The quantitative estimate of drug-likeness (QED) is 0.427. The molecule has 0 unspecified atom stereocenters. The third-order valence-corrected chi connectivity index (χ3v) is 6.31. The van der Waals surface area contributed by atoms with Crippen LogP contribution in [0.3, 0.4) is 0 Å². The summed E-state index contributed by atoms with van der Waals surface area (Å²) in [6.07, 6.45) is 7.16. The fraction of sp³-hybridized carbons (Fsp3) is 0.316. The van der Waals surface area contributed by atoms with Crippen molar-refractivity contribution in [1.29, 1.82) is 0 Å². The highest BCUT2D eigenvalue weighted by Crippen LogP contribution is 2.38. The molecule has 2 aromatic rings. The lowest BCUT2D eigenvalue weighted by atomic mass is 9.95. The zero-order valence-electron chi connectivity index (χ0n) is 14.9. The second kappa shape index (κ2) is 9.25. The summed E-state index contributed by atoms with van der Waals surface area (Å²) in [5, 5.41) is 8.40. The van der Waals surface area contributed by atoms with E-state index in [1.165, 1.54) is 22.3 Å². The monoisotopic (exact) mass is 420 g/mol. The van der Waals surface area contributed by atoms with Crippen molar-refractivity contribution in [3.8, 4) is 0 Å². The fourth-order valence-electron chi connectivity index (χ4n) is 2.90. The maximum Gasteiger partial charge on any atom is 0.341 e. The lowest BCUT2D eigenvalue weighted by molar-refractivity contribution is -0.115. The number of carbonyl (C=O) groups is 2. The molecule has 2 aromatic heterocycles. The van der Waals surface area contributed by atoms with E-state index in [-0.39, 0.29) is 17.0 Å². The molecule has 2 N–H and O–H groups in total. The Kier molecular flexibility index (Phi) is 6.76. The maximum atomic E-state index is 12.4. The van der Waals surface area contributed by atoms with Crippen molar-refractivity contribution < 1.29 is 14.3 Å². The second-order valence-corrected chi connectivity index (χ2v) is 8.42. The first-order valence-corrected chi connectivity index (χ1v) is 10.8. The van der Waals surface area contributed by atoms with Crippen molar-refractivity contribution in [1.82, 2.24) is 5.32 Å². The summed E-state index contributed by atoms with van der Waals surface area (Å²) in [6, 6.07) is 3.84. The summed E-state index contributed by atoms with van der Waals surface area (Å²) in [6.45, 7) is 2.10. The third-order valence-electron chi connectivity index (χ3n) is 4.06. The van der Waals surface area contributed by atoms with E-state index in [2.05, 4.69) is 10.6 Å². The summed E-state index contributed by atoms with van der Waals surface area (Å²) < 4.78 is 5.22. The van der Waals surface area contributed by atoms with Crippen LogP contribution >= 0.6 is 34.9 Å². The second-order valence-electron chi connectivity index (χ2n) is 5.93. The molecule has 3 rings (SSSR count). The van der Waals surface area contributed by atoms with E-state index in [4.69, 9.17) is 17.0 Å². The van der Waals surface area contributed by atoms with Crippen LogP contribution in [0.4, 0.5) is 5.00 Å². The predicted molar refractivity (Wildman–Crippen MR) is 115 cm³/mol. The molecule has 2 heterocycles. The molecule has 8 heteroatoms. The van der Waals surface area contributed by atoms with Crippen molar-refractivity contribution in [2.45, 2.75) is 32.6 Å². The Bertz CT molecular complexity index is 869. The number of ether oxygens (including phenoxy) is 1. The molecule has 0 aromatic carbocycles. The van der Waals surface area contributed by atoms with Crippen LogP contribution in [0, 0.1) is 0 Å². The molecule has 0 radical (unpaired) electrons. The lowest BCUT2D eigenvalue weighted by Crippen LogP contribution is -2.33. The van der Waals surface area contributed by atoms with Crippen LogP contribution < -0.4 is 10.6 Å². The Morgan fingerprint density at radius 2 is 2.15 bits per heavy atom. The Morgan fingerprint density at radius 3 is 2.89 bits per heavy atom. The van der Waals surface area contributed by atoms with Crippen molar-refractivity contribution in [2.75, 3.05) is 11.9 Å². The van der Waals surface area contributed by atoms with Crippen molar-refractivity contribution >= 4 is 63.0 Å². The van der Waals surface area contributed by atoms with Crippen LogP contribution in [0.15, 0.2) is 23.6 Å². The largest absolute Gasteiger partial charge is 0.462 e. The number of anilines is 1. The Hall–Kier alpha value is -2.03. The SMILES string of the molecule is CCOC(=O)c1c(NC(=S)NC(=O)/C=C/c2cccs2)sc2c1CCCC2. The van der Waals surface area contributed by atoms with Gasteiger partial charge >= 0.3 is 5.97 Å². The molecule has 0 spiro atoms. The molecule has 0 aliphatic heterocycles. The summed E-state index contributed by atoms with van der Waals surface area (Å²) in [7, 11) is 0. The molecule has 0 bridgehead atoms. The van der Waals surface area contributed by atoms with Gasteiger partial charge in [-0.2, -0.15) is 0 Å². The molecule has 27 heavy (non-hydrogen) atoms. The standard InChI is InChI=1S/C19H20N2O3S3/c1-2-24-18(23)16-13-7-3-4-8-14(13)27-17(16)21-19(25)20-15(22)10-9-12-6-5-11-26-12/h5-6,9-11H,2-4,7-8H2,1H3,(H2,20,21,22,25)/b10-9+. The van der Waals surface area contributed by atoms with E-state index in [0.29, 0.717) is 17.2 Å². The van der Waals surface area contributed by atoms with Crippen LogP contribution in [0.25, 0.3) is 6.08 Å². The van der Waals surface area contributed by atoms with Crippen molar-refractivity contribution in [3.05, 3.63) is 44.5 Å². The molecular weight excluding hydrogens is 400 g/mol. The minimum absolute atomic E-state index is 0.167. The summed E-state index contributed by atoms with van der Waals surface area (Å²) in [5.74, 6) is -0.661. The summed E-state index contributed by atoms with van der Waals surface area (Å²) >= 11 is 8.32. The number of hydrogen-bond acceptors (Lipinski definition) is 6. The number of thiocarbonyl (C=S) groups is 1. The topological polar surface area (TPSA) is 67.4 Å². The molecule has 0 atom stereocenters. The predicted octanol–water partition coefficient (Wildman–Crippen LogP) is 4.39. The van der Waals surface area contributed by atoms with Crippen LogP contribution in [0.1, 0.15) is 45.4 Å². The van der Waals surface area contributed by atoms with Crippen molar-refractivity contribution in [2.24, 2.45) is 0 Å². The molecule has 0 fully saturated rings. The van der Waals surface area contributed by atoms with Gasteiger partial charge in [0.15, 0.2) is 5.11 Å². The van der Waals surface area contributed by atoms with Crippen LogP contribution in [-0.2, 0) is 22.4 Å². The van der Waals surface area contributed by atoms with Crippen LogP contribution in [0.5, 0.6) is 0 Å². The van der Waals surface area contributed by atoms with Gasteiger partial charge in [-0.15, -0.1) is 22.7 Å². The van der Waals surface area contributed by atoms with Gasteiger partial charge in [0.2, 0.25) is 5.91 Å². The first-order chi connectivity index (χ1) is 13.1. The maximum absolute atomic E-state index is 12.4. The minimum atomic E-state index is -0.342. The number of aryl methyl sites for hydroxylation is 1. The van der Waals surface area contributed by atoms with Crippen molar-refractivity contribution in [3.63, 3.8) is 0 Å². The van der Waals surface area contributed by atoms with Crippen LogP contribution in [0.2, 0.25) is 0 Å². The molecule has 5 nitrogen and oxygen atoms in total. The van der Waals surface area contributed by atoms with Gasteiger partial charge in [0.25, 0.3) is 0 Å². The Morgan fingerprint density at radius 1 is 1.33 bits per heavy atom. The van der Waals surface area contributed by atoms with E-state index >= 15 is 0 Å². The normalized spacial score (nSPS) is 13.2. The van der Waals surface area contributed by atoms with Gasteiger partial charge in [0.05, 0.1) is 12.2 Å². The third kappa shape index (κ3) is 5.03. The fourth-order valence-corrected chi connectivity index (χ4v) is 5.07. The number of hydrogen-bond donors (Lipinski definition) is 2. The minimum Gasteiger partial charge on any atom is -0.462 e. The van der Waals surface area contributed by atoms with Gasteiger partial charge in [-0.1, -0.05) is 6.07 Å². The number of rotatable bonds is 5. The molecule has 1 amide bonds.